The first-order chi connectivity index (χ1) is 27.2. The number of carbonyl (C=O) groups is 1. The van der Waals surface area contributed by atoms with Gasteiger partial charge in [-0.25, -0.2) is 4.79 Å². The van der Waals surface area contributed by atoms with Crippen molar-refractivity contribution >= 4 is 12.0 Å². The Balaban J connectivity index is 1.41. The summed E-state index contributed by atoms with van der Waals surface area (Å²) in [5, 5.41) is 105. The summed E-state index contributed by atoms with van der Waals surface area (Å²) in [5.41, 5.74) is 1.11. The van der Waals surface area contributed by atoms with Gasteiger partial charge in [-0.05, 0) is 54.8 Å². The molecule has 318 valence electrons. The number of hydrogen-bond donors (Lipinski definition) is 10. The fourth-order valence-corrected chi connectivity index (χ4v) is 6.53. The SMILES string of the molecule is COc1cc(C=CC(=O)OC2C(CO)OC(OCCc3ccc(O)c(OC)c3)C(O)C2OC2OC(C)C(O)C(O)C2OC2OC(CO)C(O)C(O)C2O)ccc1O. The Labute approximate surface area is 326 Å². The molecule has 0 saturated carbocycles. The zero-order chi connectivity index (χ0) is 41.6. The highest BCUT2D eigenvalue weighted by molar-refractivity contribution is 5.87. The van der Waals surface area contributed by atoms with Gasteiger partial charge in [0.25, 0.3) is 0 Å². The Kier molecular flexibility index (Phi) is 15.4. The molecular weight excluding hydrogens is 764 g/mol. The maximum atomic E-state index is 13.3. The third-order valence-corrected chi connectivity index (χ3v) is 9.79. The molecule has 0 amide bonds. The van der Waals surface area contributed by atoms with Gasteiger partial charge in [0, 0.05) is 6.08 Å². The van der Waals surface area contributed by atoms with Crippen LogP contribution in [-0.2, 0) is 44.4 Å². The number of methoxy groups -OCH3 is 2. The Morgan fingerprint density at radius 3 is 1.98 bits per heavy atom. The van der Waals surface area contributed by atoms with Crippen LogP contribution in [0.2, 0.25) is 0 Å². The summed E-state index contributed by atoms with van der Waals surface area (Å²) >= 11 is 0. The Morgan fingerprint density at radius 2 is 1.32 bits per heavy atom. The number of esters is 1. The fourth-order valence-electron chi connectivity index (χ4n) is 6.53. The summed E-state index contributed by atoms with van der Waals surface area (Å²) < 4.78 is 50.9. The highest BCUT2D eigenvalue weighted by atomic mass is 16.8. The quantitative estimate of drug-likeness (QED) is 0.0652. The molecule has 10 N–H and O–H groups in total. The van der Waals surface area contributed by atoms with E-state index in [0.29, 0.717) is 11.1 Å². The predicted octanol–water partition coefficient (Wildman–Crippen LogP) is -2.59. The van der Waals surface area contributed by atoms with Crippen LogP contribution >= 0.6 is 0 Å². The number of carbonyl (C=O) groups excluding carboxylic acids is 1. The van der Waals surface area contributed by atoms with Gasteiger partial charge in [0.2, 0.25) is 0 Å². The predicted molar refractivity (Wildman–Crippen MR) is 190 cm³/mol. The molecule has 20 nitrogen and oxygen atoms in total. The highest BCUT2D eigenvalue weighted by Gasteiger charge is 2.54. The van der Waals surface area contributed by atoms with Crippen LogP contribution in [0.25, 0.3) is 6.08 Å². The lowest BCUT2D eigenvalue weighted by molar-refractivity contribution is -0.386. The molecule has 3 aliphatic rings. The van der Waals surface area contributed by atoms with Crippen LogP contribution in [0.15, 0.2) is 42.5 Å². The van der Waals surface area contributed by atoms with Crippen LogP contribution in [0.4, 0.5) is 0 Å². The Bertz CT molecular complexity index is 1640. The number of phenols is 2. The van der Waals surface area contributed by atoms with Crippen molar-refractivity contribution < 1.29 is 98.5 Å². The van der Waals surface area contributed by atoms with E-state index in [0.717, 1.165) is 6.08 Å². The smallest absolute Gasteiger partial charge is 0.331 e. The summed E-state index contributed by atoms with van der Waals surface area (Å²) in [7, 11) is 2.73. The zero-order valence-corrected chi connectivity index (χ0v) is 31.2. The Hall–Kier alpha value is -3.71. The number of aromatic hydroxyl groups is 2. The number of phenolic OH excluding ortho intramolecular Hbond substituents is 2. The average molecular weight is 815 g/mol. The van der Waals surface area contributed by atoms with Gasteiger partial charge >= 0.3 is 5.97 Å². The standard InChI is InChI=1S/C37H50O20/c1-16-26(43)29(46)34(57-36-30(47)28(45)27(44)23(14-38)53-36)37(52-16)56-33-31(48)35(51-11-10-18-5-8-20(41)22(13-18)50-3)54-24(15-39)32(33)55-25(42)9-6-17-4-7-19(40)21(12-17)49-2/h4-9,12-13,16,23-24,26-41,43-48H,10-11,14-15H2,1-3H3. The molecule has 20 heteroatoms. The van der Waals surface area contributed by atoms with Crippen molar-refractivity contribution in [2.24, 2.45) is 0 Å². The van der Waals surface area contributed by atoms with Gasteiger partial charge in [0.05, 0.1) is 40.1 Å². The molecule has 3 aliphatic heterocycles. The van der Waals surface area contributed by atoms with Crippen LogP contribution in [0.5, 0.6) is 23.0 Å². The molecule has 3 saturated heterocycles. The summed E-state index contributed by atoms with van der Waals surface area (Å²) in [5.74, 6) is -0.871. The maximum Gasteiger partial charge on any atom is 0.331 e. The van der Waals surface area contributed by atoms with Crippen molar-refractivity contribution in [2.45, 2.75) is 105 Å². The lowest BCUT2D eigenvalue weighted by Crippen LogP contribution is -2.66. The van der Waals surface area contributed by atoms with Gasteiger partial charge in [0.1, 0.15) is 61.0 Å². The third kappa shape index (κ3) is 10.3. The van der Waals surface area contributed by atoms with Crippen molar-refractivity contribution in [2.75, 3.05) is 34.0 Å². The molecule has 5 rings (SSSR count). The molecule has 0 spiro atoms. The number of aliphatic hydroxyl groups excluding tert-OH is 8. The largest absolute Gasteiger partial charge is 0.504 e. The number of benzene rings is 2. The molecule has 0 bridgehead atoms. The second kappa shape index (κ2) is 19.8. The lowest BCUT2D eigenvalue weighted by Gasteiger charge is -2.48. The number of rotatable bonds is 15. The van der Waals surface area contributed by atoms with Crippen molar-refractivity contribution in [3.63, 3.8) is 0 Å². The third-order valence-electron chi connectivity index (χ3n) is 9.79. The molecule has 0 aromatic heterocycles. The van der Waals surface area contributed by atoms with Gasteiger partial charge < -0.3 is 93.7 Å². The van der Waals surface area contributed by atoms with Crippen molar-refractivity contribution in [3.8, 4) is 23.0 Å². The minimum absolute atomic E-state index is 0.0806. The van der Waals surface area contributed by atoms with Crippen molar-refractivity contribution in [3.05, 3.63) is 53.6 Å². The van der Waals surface area contributed by atoms with E-state index >= 15 is 0 Å². The first-order valence-corrected chi connectivity index (χ1v) is 18.0. The van der Waals surface area contributed by atoms with E-state index in [-0.39, 0.29) is 36.0 Å². The van der Waals surface area contributed by atoms with Crippen molar-refractivity contribution in [1.29, 1.82) is 0 Å². The van der Waals surface area contributed by atoms with E-state index in [1.54, 1.807) is 12.1 Å². The average Bonchev–Trinajstić information content (AvgIpc) is 3.20. The van der Waals surface area contributed by atoms with E-state index in [1.807, 2.05) is 0 Å². The van der Waals surface area contributed by atoms with Gasteiger partial charge in [-0.1, -0.05) is 12.1 Å². The van der Waals surface area contributed by atoms with Gasteiger partial charge in [0.15, 0.2) is 48.0 Å². The van der Waals surface area contributed by atoms with E-state index in [9.17, 15) is 55.9 Å². The normalized spacial score (nSPS) is 35.9. The molecule has 0 aliphatic carbocycles. The fraction of sp³-hybridized carbons (Fsp3) is 0.595. The van der Waals surface area contributed by atoms with Crippen molar-refractivity contribution in [1.82, 2.24) is 0 Å². The first kappa shape index (κ1) is 44.4. The van der Waals surface area contributed by atoms with Gasteiger partial charge in [-0.15, -0.1) is 0 Å². The number of ether oxygens (including phenoxy) is 9. The molecule has 15 unspecified atom stereocenters. The number of hydrogen-bond acceptors (Lipinski definition) is 20. The second-order valence-corrected chi connectivity index (χ2v) is 13.6. The van der Waals surface area contributed by atoms with E-state index in [1.165, 1.54) is 51.5 Å². The monoisotopic (exact) mass is 814 g/mol. The topological polar surface area (TPSA) is 302 Å². The minimum Gasteiger partial charge on any atom is -0.504 e. The van der Waals surface area contributed by atoms with Crippen LogP contribution in [0.1, 0.15) is 18.1 Å². The second-order valence-electron chi connectivity index (χ2n) is 13.6. The zero-order valence-electron chi connectivity index (χ0n) is 31.2. The summed E-state index contributed by atoms with van der Waals surface area (Å²) in [6.45, 7) is -0.300. The molecule has 2 aromatic rings. The molecule has 3 fully saturated rings. The van der Waals surface area contributed by atoms with Crippen LogP contribution in [0.3, 0.4) is 0 Å². The maximum absolute atomic E-state index is 13.3. The highest BCUT2D eigenvalue weighted by Crippen LogP contribution is 2.35. The lowest BCUT2D eigenvalue weighted by atomic mass is 9.96. The number of aliphatic hydroxyl groups is 8. The molecule has 15 atom stereocenters. The minimum atomic E-state index is -1.93. The van der Waals surface area contributed by atoms with E-state index in [2.05, 4.69) is 0 Å². The molecular formula is C37H50O20. The molecule has 0 radical (unpaired) electrons. The summed E-state index contributed by atoms with van der Waals surface area (Å²) in [4.78, 5) is 13.3. The van der Waals surface area contributed by atoms with Gasteiger partial charge in [-0.2, -0.15) is 0 Å². The molecule has 3 heterocycles. The molecule has 2 aromatic carbocycles. The molecule has 57 heavy (non-hydrogen) atoms. The summed E-state index contributed by atoms with van der Waals surface area (Å²) in [6.07, 6.45) is -22.4. The van der Waals surface area contributed by atoms with Crippen LogP contribution < -0.4 is 9.47 Å². The first-order valence-electron chi connectivity index (χ1n) is 18.0. The van der Waals surface area contributed by atoms with Crippen LogP contribution in [0, 0.1) is 0 Å². The van der Waals surface area contributed by atoms with Gasteiger partial charge in [-0.3, -0.25) is 0 Å². The Morgan fingerprint density at radius 1 is 0.684 bits per heavy atom. The van der Waals surface area contributed by atoms with Crippen LogP contribution in [-0.4, -0.2) is 183 Å². The van der Waals surface area contributed by atoms with E-state index < -0.39 is 111 Å². The summed E-state index contributed by atoms with van der Waals surface area (Å²) in [6, 6.07) is 8.91. The van der Waals surface area contributed by atoms with E-state index in [4.69, 9.17) is 42.6 Å².